The van der Waals surface area contributed by atoms with Crippen molar-refractivity contribution in [1.82, 2.24) is 16.1 Å². The first-order valence-electron chi connectivity index (χ1n) is 28.2. The van der Waals surface area contributed by atoms with Gasteiger partial charge in [0.2, 0.25) is 11.8 Å². The predicted octanol–water partition coefficient (Wildman–Crippen LogP) is -4.79. The SMILES string of the molecule is CC(C)(C)CCC(=O)NC(CCC(=O)CCCOCCO[C@H]1O[C@H](CO)[C@@H](O)[C@H](NOC=O)[C@@H]1O)(CCC(=O)CCCOCCO[C@H]1O[C@H](CO)[C@@H](O)[C@H](OC(N)=O)[C@@H]1O)CCC(=O)NCCOCCO[C@H]1O[C@H](CO)[C@@H](O)[C@H](OC(N)=O)[C@@H]1O. The maximum Gasteiger partial charge on any atom is 0.404 e. The summed E-state index contributed by atoms with van der Waals surface area (Å²) in [6.45, 7) is 3.63. The molecule has 0 aliphatic carbocycles. The van der Waals surface area contributed by atoms with Crippen molar-refractivity contribution in [2.45, 2.75) is 195 Å². The molecule has 3 fully saturated rings. The second kappa shape index (κ2) is 39.4. The van der Waals surface area contributed by atoms with Crippen LogP contribution < -0.4 is 27.6 Å². The maximum absolute atomic E-state index is 13.7. The highest BCUT2D eigenvalue weighted by molar-refractivity contribution is 5.81. The van der Waals surface area contributed by atoms with Crippen LogP contribution in [0.4, 0.5) is 9.59 Å². The number of carbonyl (C=O) groups excluding carboxylic acids is 7. The molecule has 0 aromatic carbocycles. The van der Waals surface area contributed by atoms with Gasteiger partial charge in [0.15, 0.2) is 31.1 Å². The molecule has 0 radical (unpaired) electrons. The summed E-state index contributed by atoms with van der Waals surface area (Å²) in [7, 11) is 0. The van der Waals surface area contributed by atoms with Crippen LogP contribution in [0.2, 0.25) is 0 Å². The molecule has 33 heteroatoms. The zero-order valence-electron chi connectivity index (χ0n) is 48.4. The lowest BCUT2D eigenvalue weighted by atomic mass is 9.81. The van der Waals surface area contributed by atoms with Crippen molar-refractivity contribution in [2.24, 2.45) is 16.9 Å². The van der Waals surface area contributed by atoms with E-state index in [0.717, 1.165) is 0 Å². The minimum Gasteiger partial charge on any atom is -0.441 e. The molecule has 3 rings (SSSR count). The Morgan fingerprint density at radius 1 is 0.506 bits per heavy atom. The van der Waals surface area contributed by atoms with Crippen molar-refractivity contribution in [2.75, 3.05) is 85.8 Å². The van der Waals surface area contributed by atoms with Gasteiger partial charge in [-0.15, -0.1) is 5.48 Å². The molecule has 4 amide bonds. The number of hydroxylamine groups is 1. The zero-order chi connectivity index (χ0) is 63.1. The molecule has 3 heterocycles. The Bertz CT molecular complexity index is 1910. The van der Waals surface area contributed by atoms with Gasteiger partial charge < -0.3 is 125 Å². The fourth-order valence-corrected chi connectivity index (χ4v) is 9.24. The summed E-state index contributed by atoms with van der Waals surface area (Å²) in [4.78, 5) is 91.9. The van der Waals surface area contributed by atoms with Crippen molar-refractivity contribution in [3.8, 4) is 0 Å². The molecule has 16 atom stereocenters. The van der Waals surface area contributed by atoms with Gasteiger partial charge in [-0.05, 0) is 43.9 Å². The van der Waals surface area contributed by atoms with E-state index in [9.17, 15) is 79.5 Å². The van der Waals surface area contributed by atoms with Gasteiger partial charge in [0, 0.05) is 63.8 Å². The van der Waals surface area contributed by atoms with Crippen LogP contribution in [0.1, 0.15) is 97.8 Å². The number of nitrogens with one attached hydrogen (secondary N) is 3. The number of amides is 4. The molecule has 33 nitrogen and oxygen atoms in total. The van der Waals surface area contributed by atoms with Crippen LogP contribution in [0.25, 0.3) is 0 Å². The van der Waals surface area contributed by atoms with Crippen LogP contribution in [-0.2, 0) is 80.9 Å². The Morgan fingerprint density at radius 3 is 1.34 bits per heavy atom. The van der Waals surface area contributed by atoms with E-state index >= 15 is 0 Å². The van der Waals surface area contributed by atoms with Crippen LogP contribution >= 0.6 is 0 Å². The highest BCUT2D eigenvalue weighted by Crippen LogP contribution is 2.30. The highest BCUT2D eigenvalue weighted by atomic mass is 16.7. The van der Waals surface area contributed by atoms with Crippen LogP contribution in [0.15, 0.2) is 0 Å². The summed E-state index contributed by atoms with van der Waals surface area (Å²) in [5.41, 5.74) is 10.9. The first-order valence-corrected chi connectivity index (χ1v) is 28.2. The van der Waals surface area contributed by atoms with E-state index in [1.54, 1.807) is 0 Å². The van der Waals surface area contributed by atoms with Gasteiger partial charge in [-0.2, -0.15) is 0 Å². The fraction of sp³-hybridized carbons (Fsp3) is 0.865. The second-order valence-electron chi connectivity index (χ2n) is 21.8. The van der Waals surface area contributed by atoms with Crippen LogP contribution in [0.5, 0.6) is 0 Å². The van der Waals surface area contributed by atoms with Crippen LogP contribution in [0, 0.1) is 5.41 Å². The van der Waals surface area contributed by atoms with Crippen molar-refractivity contribution in [3.05, 3.63) is 0 Å². The van der Waals surface area contributed by atoms with E-state index in [1.165, 1.54) is 0 Å². The molecule has 0 aromatic rings. The topological polar surface area (TPSA) is 500 Å². The second-order valence-corrected chi connectivity index (χ2v) is 21.8. The first-order chi connectivity index (χ1) is 40.4. The van der Waals surface area contributed by atoms with E-state index in [0.29, 0.717) is 6.42 Å². The van der Waals surface area contributed by atoms with E-state index in [1.807, 2.05) is 20.8 Å². The molecular weight excluding hydrogens is 1140 g/mol. The number of hydrogen-bond acceptors (Lipinski definition) is 29. The monoisotopic (exact) mass is 1230 g/mol. The number of primary amides is 2. The Kier molecular flexibility index (Phi) is 34.7. The summed E-state index contributed by atoms with van der Waals surface area (Å²) in [5.74, 6) is -1.18. The summed E-state index contributed by atoms with van der Waals surface area (Å²) in [6.07, 6.45) is -21.8. The fourth-order valence-electron chi connectivity index (χ4n) is 9.24. The summed E-state index contributed by atoms with van der Waals surface area (Å²) in [6, 6.07) is -1.24. The minimum atomic E-state index is -1.66. The minimum absolute atomic E-state index is 0.00634. The molecule has 3 saturated heterocycles. The quantitative estimate of drug-likeness (QED) is 0.0118. The number of ether oxygens (including phenoxy) is 11. The molecule has 0 spiro atoms. The average molecular weight is 1230 g/mol. The number of aliphatic hydroxyl groups excluding tert-OH is 9. The van der Waals surface area contributed by atoms with Crippen molar-refractivity contribution in [1.29, 1.82) is 0 Å². The van der Waals surface area contributed by atoms with Crippen molar-refractivity contribution >= 4 is 42.0 Å². The average Bonchev–Trinajstić information content (AvgIpc) is 3.05. The summed E-state index contributed by atoms with van der Waals surface area (Å²) < 4.78 is 59.1. The summed E-state index contributed by atoms with van der Waals surface area (Å²) >= 11 is 0. The number of aliphatic hydroxyl groups is 9. The molecule has 492 valence electrons. The molecule has 3 aliphatic heterocycles. The normalized spacial score (nSPS) is 28.6. The maximum atomic E-state index is 13.7. The standard InChI is InChI=1S/C52H91N5O28/c1-51(2,3)12-10-36(65)56-52(13-8-30(62)6-4-17-74-20-23-77-46-41(69)37(57-80-29-61)38(66)32(26-58)81-46,14-9-31(63)7-5-18-75-21-24-78-47-42(70)44(84-49(53)72)39(67)33(27-59)82-47)15-11-35(64)55-16-19-76-22-25-79-48-43(71)45(85-50(54)73)40(68)34(28-60)83-48/h29,32-34,37-48,57-60,66-71H,4-28H2,1-3H3,(H2,53,72)(H2,54,73)(H,55,64)(H,56,65)/t32-,33-,34-,37+,38-,39-,40-,41+,42+,43+,44+,45+,46+,47+,48+,52?/m1/s1. The molecule has 0 saturated carbocycles. The highest BCUT2D eigenvalue weighted by Gasteiger charge is 2.49. The largest absolute Gasteiger partial charge is 0.441 e. The van der Waals surface area contributed by atoms with Gasteiger partial charge in [0.1, 0.15) is 72.5 Å². The van der Waals surface area contributed by atoms with Gasteiger partial charge in [-0.25, -0.2) is 9.59 Å². The van der Waals surface area contributed by atoms with Gasteiger partial charge in [0.25, 0.3) is 0 Å². The third-order valence-electron chi connectivity index (χ3n) is 14.0. The third-order valence-corrected chi connectivity index (χ3v) is 14.0. The van der Waals surface area contributed by atoms with Crippen molar-refractivity contribution in [3.63, 3.8) is 0 Å². The van der Waals surface area contributed by atoms with Gasteiger partial charge >= 0.3 is 18.7 Å². The smallest absolute Gasteiger partial charge is 0.404 e. The van der Waals surface area contributed by atoms with Gasteiger partial charge in [-0.1, -0.05) is 20.8 Å². The number of Topliss-reactive ketones (excluding diaryl/α,β-unsaturated/α-hetero) is 2. The van der Waals surface area contributed by atoms with E-state index < -0.39 is 136 Å². The van der Waals surface area contributed by atoms with Crippen molar-refractivity contribution < 1.29 is 136 Å². The number of carbonyl (C=O) groups is 7. The Hall–Kier alpha value is -4.47. The zero-order valence-corrected chi connectivity index (χ0v) is 48.4. The van der Waals surface area contributed by atoms with Gasteiger partial charge in [-0.3, -0.25) is 24.0 Å². The molecular formula is C52H91N5O28. The van der Waals surface area contributed by atoms with E-state index in [4.69, 9.17) is 63.6 Å². The Labute approximate surface area is 491 Å². The number of ketones is 2. The van der Waals surface area contributed by atoms with Crippen LogP contribution in [0.3, 0.4) is 0 Å². The molecule has 0 aromatic heterocycles. The Balaban J connectivity index is 1.60. The third kappa shape index (κ3) is 27.2. The molecule has 85 heavy (non-hydrogen) atoms. The first kappa shape index (κ1) is 74.8. The molecule has 1 unspecified atom stereocenters. The lowest BCUT2D eigenvalue weighted by Gasteiger charge is -2.41. The van der Waals surface area contributed by atoms with E-state index in [2.05, 4.69) is 21.0 Å². The molecule has 3 aliphatic rings. The lowest BCUT2D eigenvalue weighted by Crippen LogP contribution is -2.64. The van der Waals surface area contributed by atoms with Gasteiger partial charge in [0.05, 0.1) is 66.1 Å². The predicted molar refractivity (Wildman–Crippen MR) is 285 cm³/mol. The summed E-state index contributed by atoms with van der Waals surface area (Å²) in [5, 5.41) is 97.2. The molecule has 16 N–H and O–H groups in total. The number of rotatable bonds is 43. The number of nitrogens with two attached hydrogens (primary N) is 2. The molecule has 0 bridgehead atoms. The lowest BCUT2D eigenvalue weighted by molar-refractivity contribution is -0.301. The number of hydrogen-bond donors (Lipinski definition) is 14. The van der Waals surface area contributed by atoms with Crippen LogP contribution in [-0.4, -0.2) is 271 Å². The Morgan fingerprint density at radius 2 is 0.918 bits per heavy atom. The van der Waals surface area contributed by atoms with E-state index in [-0.39, 0.29) is 166 Å².